The van der Waals surface area contributed by atoms with Gasteiger partial charge in [0.1, 0.15) is 28.1 Å². The molecule has 12 heteroatoms. The zero-order chi connectivity index (χ0) is 19.4. The second-order valence-corrected chi connectivity index (χ2v) is 6.43. The van der Waals surface area contributed by atoms with Crippen LogP contribution in [0.2, 0.25) is 0 Å². The summed E-state index contributed by atoms with van der Waals surface area (Å²) in [5.74, 6) is -2.86. The molecule has 0 spiro atoms. The number of hydrogen-bond acceptors (Lipinski definition) is 6. The van der Waals surface area contributed by atoms with E-state index >= 15 is 0 Å². The summed E-state index contributed by atoms with van der Waals surface area (Å²) in [5, 5.41) is 0. The van der Waals surface area contributed by atoms with Crippen molar-refractivity contribution >= 4 is 64.4 Å². The van der Waals surface area contributed by atoms with E-state index in [9.17, 15) is 18.0 Å². The highest BCUT2D eigenvalue weighted by Crippen LogP contribution is 2.17. The molecule has 0 bridgehead atoms. The van der Waals surface area contributed by atoms with E-state index in [2.05, 4.69) is 4.74 Å². The van der Waals surface area contributed by atoms with Crippen LogP contribution >= 0.6 is 0 Å². The molecule has 0 aliphatic rings. The maximum absolute atomic E-state index is 12.4. The lowest BCUT2D eigenvalue weighted by atomic mass is 9.68. The van der Waals surface area contributed by atoms with Crippen LogP contribution in [-0.2, 0) is 32.2 Å². The topological polar surface area (TPSA) is 107 Å². The van der Waals surface area contributed by atoms with Crippen molar-refractivity contribution in [1.29, 1.82) is 0 Å². The quantitative estimate of drug-likeness (QED) is 0.326. The van der Waals surface area contributed by atoms with E-state index in [0.29, 0.717) is 0 Å². The summed E-state index contributed by atoms with van der Waals surface area (Å²) < 4.78 is 39.5. The van der Waals surface area contributed by atoms with Crippen molar-refractivity contribution in [2.75, 3.05) is 19.5 Å². The highest BCUT2D eigenvalue weighted by molar-refractivity contribution is 7.85. The van der Waals surface area contributed by atoms with Gasteiger partial charge in [0.2, 0.25) is 0 Å². The molecule has 0 saturated heterocycles. The molecule has 0 aromatic heterocycles. The van der Waals surface area contributed by atoms with Crippen LogP contribution in [0, 0.1) is 0 Å². The summed E-state index contributed by atoms with van der Waals surface area (Å²) in [6.07, 6.45) is -0.363. The zero-order valence-corrected chi connectivity index (χ0v) is 14.3. The summed E-state index contributed by atoms with van der Waals surface area (Å²) in [7, 11) is 19.7. The lowest BCUT2D eigenvalue weighted by Crippen LogP contribution is -2.36. The molecule has 0 unspecified atom stereocenters. The van der Waals surface area contributed by atoms with Gasteiger partial charge in [0.05, 0.1) is 33.9 Å². The molecule has 0 amide bonds. The zero-order valence-electron chi connectivity index (χ0n) is 13.4. The van der Waals surface area contributed by atoms with Gasteiger partial charge in [-0.05, 0) is 5.56 Å². The average molecular weight is 356 g/mol. The Bertz CT molecular complexity index is 792. The number of carbonyl (C=O) groups is 2. The molecule has 8 radical (unpaired) electrons. The molecule has 124 valence electrons. The van der Waals surface area contributed by atoms with E-state index in [-0.39, 0.29) is 45.8 Å². The van der Waals surface area contributed by atoms with Crippen molar-refractivity contribution in [3.8, 4) is 0 Å². The van der Waals surface area contributed by atoms with E-state index in [0.717, 1.165) is 7.11 Å². The van der Waals surface area contributed by atoms with Gasteiger partial charge in [-0.1, -0.05) is 29.1 Å². The molecule has 1 aromatic rings. The van der Waals surface area contributed by atoms with Crippen molar-refractivity contribution in [2.24, 2.45) is 0 Å². The predicted octanol–water partition coefficient (Wildman–Crippen LogP) is -2.56. The number of hydrogen-bond donors (Lipinski definition) is 1. The first kappa shape index (κ1) is 21.4. The van der Waals surface area contributed by atoms with Crippen LogP contribution in [0.3, 0.4) is 0 Å². The van der Waals surface area contributed by atoms with Gasteiger partial charge < -0.3 is 9.47 Å². The molecule has 0 aliphatic heterocycles. The third kappa shape index (κ3) is 4.92. The minimum absolute atomic E-state index is 0.0249. The van der Waals surface area contributed by atoms with E-state index in [1.165, 1.54) is 0 Å². The molecule has 0 atom stereocenters. The summed E-state index contributed by atoms with van der Waals surface area (Å²) in [6.45, 7) is -0.652. The Morgan fingerprint density at radius 1 is 1.00 bits per heavy atom. The molecular formula is C13H12B4O7S. The van der Waals surface area contributed by atoms with Gasteiger partial charge in [-0.15, -0.1) is 0 Å². The molecule has 7 nitrogen and oxygen atoms in total. The van der Waals surface area contributed by atoms with Gasteiger partial charge in [0.15, 0.2) is 0 Å². The summed E-state index contributed by atoms with van der Waals surface area (Å²) in [5.41, 5.74) is -0.517. The van der Waals surface area contributed by atoms with E-state index in [1.54, 1.807) is 0 Å². The second kappa shape index (κ2) is 8.62. The van der Waals surface area contributed by atoms with Crippen molar-refractivity contribution in [2.45, 2.75) is 12.6 Å². The first-order valence-corrected chi connectivity index (χ1v) is 8.53. The Morgan fingerprint density at radius 2 is 1.56 bits per heavy atom. The third-order valence-electron chi connectivity index (χ3n) is 3.37. The van der Waals surface area contributed by atoms with Gasteiger partial charge >= 0.3 is 11.9 Å². The normalized spacial score (nSPS) is 11.1. The first-order valence-electron chi connectivity index (χ1n) is 6.92. The predicted molar refractivity (Wildman–Crippen MR) is 94.2 cm³/mol. The molecule has 1 aromatic carbocycles. The standard InChI is InChI=1S/C13H12B4O7S/c1-23-12(18)9-8(13(19)24-2-3-25(20,21)22)6(4-14)10(16)7(5-15)11(9)17/h2-5H2,1H3,(H,20,21,22). The Morgan fingerprint density at radius 3 is 2.00 bits per heavy atom. The number of rotatable bonds is 7. The van der Waals surface area contributed by atoms with Gasteiger partial charge in [0, 0.05) is 0 Å². The first-order chi connectivity index (χ1) is 11.6. The maximum Gasteiger partial charge on any atom is 0.339 e. The molecular weight excluding hydrogens is 343 g/mol. The number of esters is 2. The molecule has 0 aliphatic carbocycles. The van der Waals surface area contributed by atoms with E-state index in [4.69, 9.17) is 40.7 Å². The number of ether oxygens (including phenoxy) is 2. The second-order valence-electron chi connectivity index (χ2n) is 4.86. The van der Waals surface area contributed by atoms with Crippen LogP contribution in [0.25, 0.3) is 0 Å². The Kier molecular flexibility index (Phi) is 7.37. The van der Waals surface area contributed by atoms with Gasteiger partial charge in [-0.2, -0.15) is 8.42 Å². The minimum atomic E-state index is -4.34. The molecule has 25 heavy (non-hydrogen) atoms. The largest absolute Gasteiger partial charge is 0.465 e. The Hall–Kier alpha value is -1.67. The molecule has 0 fully saturated rings. The van der Waals surface area contributed by atoms with Crippen LogP contribution in [-0.4, -0.2) is 75.8 Å². The minimum Gasteiger partial charge on any atom is -0.465 e. The summed E-state index contributed by atoms with van der Waals surface area (Å²) in [6, 6.07) is 0. The van der Waals surface area contributed by atoms with Crippen molar-refractivity contribution in [3.05, 3.63) is 22.3 Å². The number of carbonyl (C=O) groups excluding carboxylic acids is 2. The van der Waals surface area contributed by atoms with Crippen molar-refractivity contribution in [1.82, 2.24) is 0 Å². The van der Waals surface area contributed by atoms with Gasteiger partial charge in [0.25, 0.3) is 10.1 Å². The number of methoxy groups -OCH3 is 1. The van der Waals surface area contributed by atoms with Gasteiger partial charge in [-0.3, -0.25) is 4.55 Å². The van der Waals surface area contributed by atoms with Crippen LogP contribution in [0.4, 0.5) is 0 Å². The lowest BCUT2D eigenvalue weighted by Gasteiger charge is -2.22. The Labute approximate surface area is 151 Å². The lowest BCUT2D eigenvalue weighted by molar-refractivity contribution is 0.0505. The average Bonchev–Trinajstić information content (AvgIpc) is 2.52. The molecule has 0 saturated carbocycles. The fourth-order valence-electron chi connectivity index (χ4n) is 2.18. The van der Waals surface area contributed by atoms with Crippen molar-refractivity contribution < 1.29 is 32.0 Å². The smallest absolute Gasteiger partial charge is 0.339 e. The maximum atomic E-state index is 12.4. The van der Waals surface area contributed by atoms with E-state index in [1.807, 2.05) is 0 Å². The Balaban J connectivity index is 3.50. The van der Waals surface area contributed by atoms with Crippen LogP contribution in [0.5, 0.6) is 0 Å². The summed E-state index contributed by atoms with van der Waals surface area (Å²) >= 11 is 0. The van der Waals surface area contributed by atoms with Crippen molar-refractivity contribution in [3.63, 3.8) is 0 Å². The van der Waals surface area contributed by atoms with Crippen LogP contribution in [0.15, 0.2) is 0 Å². The van der Waals surface area contributed by atoms with Crippen LogP contribution < -0.4 is 10.9 Å². The summed E-state index contributed by atoms with van der Waals surface area (Å²) in [4.78, 5) is 24.4. The fraction of sp³-hybridized carbons (Fsp3) is 0.385. The highest BCUT2D eigenvalue weighted by Gasteiger charge is 2.27. The number of benzene rings is 1. The van der Waals surface area contributed by atoms with E-state index < -0.39 is 34.4 Å². The molecule has 1 N–H and O–H groups in total. The SMILES string of the molecule is [B]Cc1c([B])c(C[B])c(C(=O)OCCS(=O)(=O)O)c(C(=O)OC)c1[B]. The molecule has 1 rings (SSSR count). The molecule has 0 heterocycles. The highest BCUT2D eigenvalue weighted by atomic mass is 32.2. The monoisotopic (exact) mass is 356 g/mol. The van der Waals surface area contributed by atoms with Crippen LogP contribution in [0.1, 0.15) is 31.8 Å². The third-order valence-corrected chi connectivity index (χ3v) is 4.06. The fourth-order valence-corrected chi connectivity index (χ4v) is 2.48. The van der Waals surface area contributed by atoms with Gasteiger partial charge in [-0.25, -0.2) is 9.59 Å².